The highest BCUT2D eigenvalue weighted by Gasteiger charge is 2.27. The Kier molecular flexibility index (Phi) is 33.9. The first kappa shape index (κ1) is 51.9. The molecule has 12 nitrogen and oxygen atoms in total. The van der Waals surface area contributed by atoms with Crippen molar-refractivity contribution < 1.29 is 58.0 Å². The van der Waals surface area contributed by atoms with Crippen molar-refractivity contribution in [1.29, 1.82) is 0 Å². The second kappa shape index (κ2) is 35.3. The van der Waals surface area contributed by atoms with Gasteiger partial charge in [-0.1, -0.05) is 146 Å². The topological polar surface area (TPSA) is 189 Å². The van der Waals surface area contributed by atoms with E-state index in [1.807, 2.05) is 30.4 Å². The second-order valence-corrected chi connectivity index (χ2v) is 15.4. The van der Waals surface area contributed by atoms with Gasteiger partial charge < -0.3 is 34.8 Å². The van der Waals surface area contributed by atoms with Gasteiger partial charge in [-0.2, -0.15) is 0 Å². The lowest BCUT2D eigenvalue weighted by molar-refractivity contribution is -0.161. The number of esters is 2. The van der Waals surface area contributed by atoms with Gasteiger partial charge in [-0.15, -0.1) is 0 Å². The van der Waals surface area contributed by atoms with Crippen molar-refractivity contribution in [2.75, 3.05) is 26.4 Å². The maximum absolute atomic E-state index is 12.6. The molecule has 0 aromatic rings. The number of hydrogen-bond acceptors (Lipinski definition) is 11. The smallest absolute Gasteiger partial charge is 0.462 e. The van der Waals surface area contributed by atoms with E-state index >= 15 is 0 Å². The maximum atomic E-state index is 12.6. The van der Waals surface area contributed by atoms with Crippen LogP contribution in [0.15, 0.2) is 48.6 Å². The summed E-state index contributed by atoms with van der Waals surface area (Å²) in [6.07, 6.45) is 27.3. The molecular formula is C41H73O12P. The van der Waals surface area contributed by atoms with Crippen molar-refractivity contribution in [2.45, 2.75) is 167 Å². The summed E-state index contributed by atoms with van der Waals surface area (Å²) in [6.45, 7) is 4.29. The minimum atomic E-state index is -4.67. The lowest BCUT2D eigenvalue weighted by Gasteiger charge is -2.20. The molecule has 0 aromatic heterocycles. The fourth-order valence-electron chi connectivity index (χ4n) is 5.12. The van der Waals surface area contributed by atoms with E-state index in [4.69, 9.17) is 19.1 Å². The SMILES string of the molecule is CCCCC[C@H](O)/C=C/C=C\C/C=C\C=C\[C@H](O)CCCC(=O)OC[C@H](COP(=O)(O)OC[C@@H](O)CO)OC(=O)CCCCCCCCCCC(C)CC. The minimum absolute atomic E-state index is 0.00755. The molecule has 0 heterocycles. The van der Waals surface area contributed by atoms with Crippen LogP contribution in [-0.2, 0) is 32.7 Å². The van der Waals surface area contributed by atoms with Gasteiger partial charge in [-0.05, 0) is 38.0 Å². The third-order valence-electron chi connectivity index (χ3n) is 8.73. The van der Waals surface area contributed by atoms with E-state index in [1.54, 1.807) is 18.2 Å². The van der Waals surface area contributed by atoms with Crippen molar-refractivity contribution in [1.82, 2.24) is 0 Å². The van der Waals surface area contributed by atoms with Crippen LogP contribution in [0.5, 0.6) is 0 Å². The van der Waals surface area contributed by atoms with Gasteiger partial charge in [0, 0.05) is 12.8 Å². The number of rotatable bonds is 36. The fourth-order valence-corrected chi connectivity index (χ4v) is 5.91. The van der Waals surface area contributed by atoms with Crippen molar-refractivity contribution in [2.24, 2.45) is 5.92 Å². The van der Waals surface area contributed by atoms with Gasteiger partial charge >= 0.3 is 19.8 Å². The number of hydrogen-bond donors (Lipinski definition) is 5. The molecular weight excluding hydrogens is 715 g/mol. The largest absolute Gasteiger partial charge is 0.472 e. The molecule has 0 aliphatic carbocycles. The van der Waals surface area contributed by atoms with E-state index in [-0.39, 0.29) is 12.8 Å². The first-order valence-corrected chi connectivity index (χ1v) is 21.7. The molecule has 314 valence electrons. The highest BCUT2D eigenvalue weighted by molar-refractivity contribution is 7.47. The number of carbonyl (C=O) groups excluding carboxylic acids is 2. The van der Waals surface area contributed by atoms with Gasteiger partial charge in [0.1, 0.15) is 12.7 Å². The Morgan fingerprint density at radius 1 is 0.667 bits per heavy atom. The van der Waals surface area contributed by atoms with Crippen LogP contribution < -0.4 is 0 Å². The molecule has 0 bridgehead atoms. The summed E-state index contributed by atoms with van der Waals surface area (Å²) in [5.41, 5.74) is 0. The van der Waals surface area contributed by atoms with Gasteiger partial charge in [0.05, 0.1) is 32.0 Å². The van der Waals surface area contributed by atoms with E-state index in [0.717, 1.165) is 50.9 Å². The molecule has 0 rings (SSSR count). The average molecular weight is 789 g/mol. The van der Waals surface area contributed by atoms with Crippen molar-refractivity contribution in [3.05, 3.63) is 48.6 Å². The Bertz CT molecular complexity index is 1090. The first-order valence-electron chi connectivity index (χ1n) is 20.2. The van der Waals surface area contributed by atoms with Crippen LogP contribution in [0.1, 0.15) is 143 Å². The van der Waals surface area contributed by atoms with E-state index in [2.05, 4.69) is 25.3 Å². The Morgan fingerprint density at radius 2 is 1.20 bits per heavy atom. The molecule has 2 unspecified atom stereocenters. The van der Waals surface area contributed by atoms with Crippen LogP contribution in [0.4, 0.5) is 0 Å². The van der Waals surface area contributed by atoms with Crippen LogP contribution in [0.2, 0.25) is 0 Å². The van der Waals surface area contributed by atoms with E-state index in [1.165, 1.54) is 38.5 Å². The minimum Gasteiger partial charge on any atom is -0.462 e. The Labute approximate surface area is 325 Å². The molecule has 0 aliphatic heterocycles. The summed E-state index contributed by atoms with van der Waals surface area (Å²) >= 11 is 0. The number of phosphoric ester groups is 1. The molecule has 54 heavy (non-hydrogen) atoms. The van der Waals surface area contributed by atoms with Crippen LogP contribution in [-0.4, -0.2) is 88.1 Å². The van der Waals surface area contributed by atoms with E-state index in [9.17, 15) is 34.4 Å². The first-order chi connectivity index (χ1) is 25.9. The Hall–Kier alpha value is -2.15. The number of unbranched alkanes of at least 4 members (excludes halogenated alkanes) is 9. The fraction of sp³-hybridized carbons (Fsp3) is 0.756. The summed E-state index contributed by atoms with van der Waals surface area (Å²) in [4.78, 5) is 34.9. The zero-order valence-electron chi connectivity index (χ0n) is 33.3. The highest BCUT2D eigenvalue weighted by Crippen LogP contribution is 2.43. The van der Waals surface area contributed by atoms with Gasteiger partial charge in [-0.25, -0.2) is 4.57 Å². The van der Waals surface area contributed by atoms with Crippen LogP contribution in [0, 0.1) is 5.92 Å². The lowest BCUT2D eigenvalue weighted by atomic mass is 9.99. The van der Waals surface area contributed by atoms with E-state index in [0.29, 0.717) is 25.7 Å². The molecule has 0 saturated carbocycles. The molecule has 0 radical (unpaired) electrons. The van der Waals surface area contributed by atoms with Gasteiger partial charge in [0.25, 0.3) is 0 Å². The van der Waals surface area contributed by atoms with Crippen molar-refractivity contribution >= 4 is 19.8 Å². The predicted molar refractivity (Wildman–Crippen MR) is 212 cm³/mol. The quantitative estimate of drug-likeness (QED) is 0.0179. The van der Waals surface area contributed by atoms with Crippen LogP contribution >= 0.6 is 7.82 Å². The summed E-state index contributed by atoms with van der Waals surface area (Å²) in [7, 11) is -4.67. The Balaban J connectivity index is 4.60. The number of aliphatic hydroxyl groups excluding tert-OH is 4. The zero-order valence-corrected chi connectivity index (χ0v) is 34.2. The summed E-state index contributed by atoms with van der Waals surface area (Å²) < 4.78 is 32.4. The number of ether oxygens (including phenoxy) is 2. The van der Waals surface area contributed by atoms with Gasteiger partial charge in [-0.3, -0.25) is 18.6 Å². The van der Waals surface area contributed by atoms with Crippen molar-refractivity contribution in [3.8, 4) is 0 Å². The molecule has 13 heteroatoms. The van der Waals surface area contributed by atoms with Gasteiger partial charge in [0.2, 0.25) is 0 Å². The summed E-state index contributed by atoms with van der Waals surface area (Å²) in [6, 6.07) is 0. The molecule has 0 aromatic carbocycles. The number of phosphoric acid groups is 1. The Morgan fingerprint density at radius 3 is 1.80 bits per heavy atom. The van der Waals surface area contributed by atoms with E-state index < -0.39 is 70.6 Å². The lowest BCUT2D eigenvalue weighted by Crippen LogP contribution is -2.30. The molecule has 0 fully saturated rings. The molecule has 0 spiro atoms. The monoisotopic (exact) mass is 788 g/mol. The van der Waals surface area contributed by atoms with Gasteiger partial charge in [0.15, 0.2) is 6.10 Å². The number of aliphatic hydroxyl groups is 4. The van der Waals surface area contributed by atoms with Crippen molar-refractivity contribution in [3.63, 3.8) is 0 Å². The summed E-state index contributed by atoms with van der Waals surface area (Å²) in [5, 5.41) is 38.4. The average Bonchev–Trinajstić information content (AvgIpc) is 3.14. The third-order valence-corrected chi connectivity index (χ3v) is 9.69. The summed E-state index contributed by atoms with van der Waals surface area (Å²) in [5.74, 6) is -0.368. The normalized spacial score (nSPS) is 16.2. The standard InChI is InChI=1S/C41H73O12P/c1-4-6-18-25-36(43)26-20-15-11-9-12-16-21-27-37(44)28-23-30-40(46)50-33-39(34-52-54(48,49)51-32-38(45)31-42)53-41(47)29-22-17-13-8-7-10-14-19-24-35(3)5-2/h11-12,15-16,20-21,26-27,35-39,42-45H,4-10,13-14,17-19,22-25,28-34H2,1-3H3,(H,48,49)/b15-11-,16-12-,26-20+,27-21+/t35?,36-,37-,38-,39+/m0/s1. The second-order valence-electron chi connectivity index (χ2n) is 14.0. The number of carbonyl (C=O) groups is 2. The van der Waals surface area contributed by atoms with Crippen LogP contribution in [0.25, 0.3) is 0 Å². The highest BCUT2D eigenvalue weighted by atomic mass is 31.2. The zero-order chi connectivity index (χ0) is 40.3. The van der Waals surface area contributed by atoms with Crippen LogP contribution in [0.3, 0.4) is 0 Å². The molecule has 5 N–H and O–H groups in total. The molecule has 0 amide bonds. The molecule has 6 atom stereocenters. The predicted octanol–water partition coefficient (Wildman–Crippen LogP) is 7.96. The molecule has 0 saturated heterocycles. The maximum Gasteiger partial charge on any atom is 0.472 e. The molecule has 0 aliphatic rings. The third kappa shape index (κ3) is 34.3. The number of allylic oxidation sites excluding steroid dienone is 6.